The van der Waals surface area contributed by atoms with Gasteiger partial charge in [-0.2, -0.15) is 5.26 Å². The maximum Gasteiger partial charge on any atom is 0.129 e. The normalized spacial score (nSPS) is 10.2. The van der Waals surface area contributed by atoms with Gasteiger partial charge in [-0.25, -0.2) is 8.78 Å². The van der Waals surface area contributed by atoms with E-state index in [4.69, 9.17) is 10.00 Å². The Balaban J connectivity index is 2.14. The molecule has 0 bridgehead atoms. The van der Waals surface area contributed by atoms with Crippen LogP contribution < -0.4 is 10.1 Å². The van der Waals surface area contributed by atoms with Crippen LogP contribution in [0.5, 0.6) is 5.75 Å². The molecule has 2 aromatic rings. The van der Waals surface area contributed by atoms with Gasteiger partial charge in [0.2, 0.25) is 0 Å². The van der Waals surface area contributed by atoms with Crippen LogP contribution in [0.15, 0.2) is 36.4 Å². The second kappa shape index (κ2) is 6.82. The molecular formula is C16H14F2N2O. The zero-order chi connectivity index (χ0) is 15.2. The molecule has 0 aromatic heterocycles. The summed E-state index contributed by atoms with van der Waals surface area (Å²) in [6, 6.07) is 10.3. The minimum atomic E-state index is -0.458. The highest BCUT2D eigenvalue weighted by Gasteiger charge is 2.06. The molecule has 108 valence electrons. The average molecular weight is 288 g/mol. The number of rotatable bonds is 5. The van der Waals surface area contributed by atoms with Gasteiger partial charge in [0.25, 0.3) is 0 Å². The van der Waals surface area contributed by atoms with Gasteiger partial charge < -0.3 is 10.1 Å². The molecule has 21 heavy (non-hydrogen) atoms. The van der Waals surface area contributed by atoms with Crippen LogP contribution in [0.4, 0.5) is 8.78 Å². The van der Waals surface area contributed by atoms with Crippen molar-refractivity contribution in [3.8, 4) is 11.8 Å². The predicted octanol–water partition coefficient (Wildman–Crippen LogP) is 3.13. The molecule has 0 spiro atoms. The summed E-state index contributed by atoms with van der Waals surface area (Å²) in [6.07, 6.45) is 0. The van der Waals surface area contributed by atoms with Crippen LogP contribution in [0.2, 0.25) is 0 Å². The first kappa shape index (κ1) is 14.9. The first-order chi connectivity index (χ1) is 10.1. The van der Waals surface area contributed by atoms with Crippen LogP contribution in [0.25, 0.3) is 0 Å². The molecule has 0 fully saturated rings. The smallest absolute Gasteiger partial charge is 0.129 e. The SMILES string of the molecule is CNCc1cc(F)cc(OCc2cc(C#N)ccc2F)c1. The van der Waals surface area contributed by atoms with Gasteiger partial charge in [-0.15, -0.1) is 0 Å². The Hall–Kier alpha value is -2.45. The lowest BCUT2D eigenvalue weighted by Gasteiger charge is -2.09. The van der Waals surface area contributed by atoms with E-state index in [9.17, 15) is 8.78 Å². The Bertz CT molecular complexity index is 680. The van der Waals surface area contributed by atoms with Gasteiger partial charge in [0.15, 0.2) is 0 Å². The Morgan fingerprint density at radius 1 is 1.19 bits per heavy atom. The van der Waals surface area contributed by atoms with Crippen molar-refractivity contribution in [1.29, 1.82) is 5.26 Å². The Kier molecular flexibility index (Phi) is 4.85. The first-order valence-electron chi connectivity index (χ1n) is 6.38. The van der Waals surface area contributed by atoms with Gasteiger partial charge in [0, 0.05) is 18.2 Å². The fraction of sp³-hybridized carbons (Fsp3) is 0.188. The monoisotopic (exact) mass is 288 g/mol. The molecule has 0 saturated carbocycles. The molecule has 0 aliphatic heterocycles. The second-order valence-electron chi connectivity index (χ2n) is 4.53. The molecule has 0 radical (unpaired) electrons. The fourth-order valence-electron chi connectivity index (χ4n) is 1.93. The lowest BCUT2D eigenvalue weighted by Crippen LogP contribution is -2.06. The zero-order valence-electron chi connectivity index (χ0n) is 11.5. The highest BCUT2D eigenvalue weighted by Crippen LogP contribution is 2.19. The molecule has 2 rings (SSSR count). The number of hydrogen-bond donors (Lipinski definition) is 1. The molecule has 0 heterocycles. The summed E-state index contributed by atoms with van der Waals surface area (Å²) in [7, 11) is 1.76. The molecule has 0 amide bonds. The van der Waals surface area contributed by atoms with Gasteiger partial charge in [-0.1, -0.05) is 0 Å². The number of ether oxygens (including phenoxy) is 1. The summed E-state index contributed by atoms with van der Waals surface area (Å²) in [5.41, 5.74) is 1.34. The van der Waals surface area contributed by atoms with Gasteiger partial charge in [-0.3, -0.25) is 0 Å². The van der Waals surface area contributed by atoms with E-state index in [-0.39, 0.29) is 12.2 Å². The van der Waals surface area contributed by atoms with E-state index in [1.54, 1.807) is 13.1 Å². The van der Waals surface area contributed by atoms with E-state index in [1.807, 2.05) is 6.07 Å². The van der Waals surface area contributed by atoms with Crippen molar-refractivity contribution in [2.75, 3.05) is 7.05 Å². The van der Waals surface area contributed by atoms with Crippen LogP contribution in [-0.2, 0) is 13.2 Å². The quantitative estimate of drug-likeness (QED) is 0.919. The molecule has 1 N–H and O–H groups in total. The molecule has 3 nitrogen and oxygen atoms in total. The Morgan fingerprint density at radius 3 is 2.71 bits per heavy atom. The number of nitrogens with one attached hydrogen (secondary N) is 1. The number of nitrogens with zero attached hydrogens (tertiary/aromatic N) is 1. The lowest BCUT2D eigenvalue weighted by molar-refractivity contribution is 0.298. The highest BCUT2D eigenvalue weighted by atomic mass is 19.1. The van der Waals surface area contributed by atoms with Gasteiger partial charge in [0.1, 0.15) is 24.0 Å². The van der Waals surface area contributed by atoms with Crippen molar-refractivity contribution in [2.45, 2.75) is 13.2 Å². The second-order valence-corrected chi connectivity index (χ2v) is 4.53. The maximum absolute atomic E-state index is 13.6. The van der Waals surface area contributed by atoms with Crippen LogP contribution in [0.1, 0.15) is 16.7 Å². The average Bonchev–Trinajstić information content (AvgIpc) is 2.46. The highest BCUT2D eigenvalue weighted by molar-refractivity contribution is 5.34. The molecule has 0 saturated heterocycles. The van der Waals surface area contributed by atoms with Crippen LogP contribution in [0, 0.1) is 23.0 Å². The van der Waals surface area contributed by atoms with Crippen LogP contribution >= 0.6 is 0 Å². The van der Waals surface area contributed by atoms with Gasteiger partial charge in [0.05, 0.1) is 11.6 Å². The van der Waals surface area contributed by atoms with Crippen molar-refractivity contribution in [2.24, 2.45) is 0 Å². The molecule has 2 aromatic carbocycles. The molecule has 0 aliphatic carbocycles. The van der Waals surface area contributed by atoms with Crippen molar-refractivity contribution < 1.29 is 13.5 Å². The lowest BCUT2D eigenvalue weighted by atomic mass is 10.1. The van der Waals surface area contributed by atoms with Crippen LogP contribution in [0.3, 0.4) is 0 Å². The van der Waals surface area contributed by atoms with Crippen molar-refractivity contribution >= 4 is 0 Å². The molecule has 0 unspecified atom stereocenters. The number of nitriles is 1. The summed E-state index contributed by atoms with van der Waals surface area (Å²) in [5.74, 6) is -0.549. The standard InChI is InChI=1S/C16H14F2N2O/c1-20-9-12-5-14(17)7-15(6-12)21-10-13-4-11(8-19)2-3-16(13)18/h2-7,20H,9-10H2,1H3. The van der Waals surface area contributed by atoms with Crippen molar-refractivity contribution in [3.05, 3.63) is 64.7 Å². The predicted molar refractivity (Wildman–Crippen MR) is 74.6 cm³/mol. The van der Waals surface area contributed by atoms with E-state index in [1.165, 1.54) is 30.3 Å². The molecular weight excluding hydrogens is 274 g/mol. The number of benzene rings is 2. The van der Waals surface area contributed by atoms with E-state index in [0.717, 1.165) is 5.56 Å². The van der Waals surface area contributed by atoms with Crippen molar-refractivity contribution in [1.82, 2.24) is 5.32 Å². The van der Waals surface area contributed by atoms with Gasteiger partial charge in [-0.05, 0) is 42.9 Å². The molecule has 0 atom stereocenters. The van der Waals surface area contributed by atoms with E-state index in [0.29, 0.717) is 17.9 Å². The summed E-state index contributed by atoms with van der Waals surface area (Å²) >= 11 is 0. The van der Waals surface area contributed by atoms with Crippen molar-refractivity contribution in [3.63, 3.8) is 0 Å². The van der Waals surface area contributed by atoms with Crippen LogP contribution in [-0.4, -0.2) is 7.05 Å². The minimum absolute atomic E-state index is 0.0657. The number of halogens is 2. The third-order valence-electron chi connectivity index (χ3n) is 2.88. The largest absolute Gasteiger partial charge is 0.489 e. The molecule has 0 aliphatic rings. The maximum atomic E-state index is 13.6. The van der Waals surface area contributed by atoms with E-state index in [2.05, 4.69) is 5.32 Å². The third kappa shape index (κ3) is 4.01. The Labute approximate surface area is 121 Å². The zero-order valence-corrected chi connectivity index (χ0v) is 11.5. The van der Waals surface area contributed by atoms with E-state index >= 15 is 0 Å². The minimum Gasteiger partial charge on any atom is -0.489 e. The summed E-state index contributed by atoms with van der Waals surface area (Å²) in [6.45, 7) is 0.441. The summed E-state index contributed by atoms with van der Waals surface area (Å²) in [5, 5.41) is 11.7. The summed E-state index contributed by atoms with van der Waals surface area (Å²) < 4.78 is 32.5. The van der Waals surface area contributed by atoms with Gasteiger partial charge >= 0.3 is 0 Å². The third-order valence-corrected chi connectivity index (χ3v) is 2.88. The topological polar surface area (TPSA) is 45.0 Å². The van der Waals surface area contributed by atoms with E-state index < -0.39 is 11.6 Å². The summed E-state index contributed by atoms with van der Waals surface area (Å²) in [4.78, 5) is 0. The first-order valence-corrected chi connectivity index (χ1v) is 6.38. The number of hydrogen-bond acceptors (Lipinski definition) is 3. The fourth-order valence-corrected chi connectivity index (χ4v) is 1.93. The molecule has 5 heteroatoms. The Morgan fingerprint density at radius 2 is 2.00 bits per heavy atom.